The fraction of sp³-hybridized carbons (Fsp3) is 0.424. The number of nitrogens with zero attached hydrogens (tertiary/aromatic N) is 2. The molecule has 0 radical (unpaired) electrons. The van der Waals surface area contributed by atoms with Crippen LogP contribution in [0, 0.1) is 12.8 Å². The van der Waals surface area contributed by atoms with Crippen molar-refractivity contribution in [3.8, 4) is 0 Å². The number of hydrogen-bond donors (Lipinski definition) is 3. The Kier molecular flexibility index (Phi) is 9.86. The van der Waals surface area contributed by atoms with E-state index in [1.54, 1.807) is 12.1 Å². The van der Waals surface area contributed by atoms with Gasteiger partial charge in [-0.05, 0) is 74.4 Å². The second-order valence-corrected chi connectivity index (χ2v) is 11.1. The predicted octanol–water partition coefficient (Wildman–Crippen LogP) is 7.72. The lowest BCUT2D eigenvalue weighted by molar-refractivity contribution is 0.0175. The number of Topliss-reactive ketones (excluding diaryl/α,β-unsaturated/α-hetero) is 1. The van der Waals surface area contributed by atoms with Crippen LogP contribution in [0.5, 0.6) is 0 Å². The molecule has 1 heterocycles. The van der Waals surface area contributed by atoms with E-state index in [4.69, 9.17) is 0 Å². The second-order valence-electron chi connectivity index (χ2n) is 11.1. The molecule has 8 heteroatoms. The second kappa shape index (κ2) is 13.3. The van der Waals surface area contributed by atoms with Crippen molar-refractivity contribution in [1.82, 2.24) is 15.3 Å². The van der Waals surface area contributed by atoms with E-state index in [1.165, 1.54) is 17.7 Å². The minimum absolute atomic E-state index is 0.0584. The highest BCUT2D eigenvalue weighted by Crippen LogP contribution is 2.30. The summed E-state index contributed by atoms with van der Waals surface area (Å²) in [6, 6.07) is 12.3. The topological polar surface area (TPSA) is 78.9 Å². The van der Waals surface area contributed by atoms with Gasteiger partial charge in [-0.15, -0.1) is 0 Å². The number of carbonyl (C=O) groups is 1. The van der Waals surface area contributed by atoms with Gasteiger partial charge < -0.3 is 16.0 Å². The van der Waals surface area contributed by atoms with Crippen LogP contribution >= 0.6 is 0 Å². The van der Waals surface area contributed by atoms with Crippen LogP contribution < -0.4 is 16.0 Å². The summed E-state index contributed by atoms with van der Waals surface area (Å²) in [5, 5.41) is 9.91. The Morgan fingerprint density at radius 1 is 1.17 bits per heavy atom. The molecule has 1 aliphatic carbocycles. The number of rotatable bonds is 11. The van der Waals surface area contributed by atoms with Crippen LogP contribution in [0.25, 0.3) is 0 Å². The third kappa shape index (κ3) is 7.97. The number of hydrogen-bond acceptors (Lipinski definition) is 6. The highest BCUT2D eigenvalue weighted by atomic mass is 19.3. The number of aryl methyl sites for hydroxylation is 2. The van der Waals surface area contributed by atoms with Gasteiger partial charge in [0.1, 0.15) is 0 Å². The summed E-state index contributed by atoms with van der Waals surface area (Å²) in [4.78, 5) is 22.2. The summed E-state index contributed by atoms with van der Waals surface area (Å²) in [6.07, 6.45) is 8.12. The van der Waals surface area contributed by atoms with Crippen LogP contribution in [0.3, 0.4) is 0 Å². The smallest absolute Gasteiger partial charge is 0.270 e. The lowest BCUT2D eigenvalue weighted by atomic mass is 9.90. The average molecular weight is 562 g/mol. The van der Waals surface area contributed by atoms with E-state index < -0.39 is 5.92 Å². The van der Waals surface area contributed by atoms with Gasteiger partial charge in [0.2, 0.25) is 5.95 Å². The fourth-order valence-electron chi connectivity index (χ4n) is 5.41. The Morgan fingerprint density at radius 3 is 2.68 bits per heavy atom. The monoisotopic (exact) mass is 561 g/mol. The molecule has 0 aliphatic heterocycles. The number of anilines is 3. The third-order valence-electron chi connectivity index (χ3n) is 7.87. The Morgan fingerprint density at radius 2 is 1.98 bits per heavy atom. The van der Waals surface area contributed by atoms with E-state index in [1.807, 2.05) is 45.3 Å². The first-order valence-corrected chi connectivity index (χ1v) is 14.4. The van der Waals surface area contributed by atoms with Crippen LogP contribution in [0.2, 0.25) is 0 Å². The summed E-state index contributed by atoms with van der Waals surface area (Å²) in [6.45, 7) is 7.79. The number of benzene rings is 2. The average Bonchev–Trinajstić information content (AvgIpc) is 3.12. The quantitative estimate of drug-likeness (QED) is 0.164. The number of halogens is 2. The zero-order valence-corrected chi connectivity index (χ0v) is 24.7. The van der Waals surface area contributed by atoms with E-state index >= 15 is 0 Å². The van der Waals surface area contributed by atoms with Crippen LogP contribution in [0.15, 0.2) is 60.3 Å². The van der Waals surface area contributed by atoms with Gasteiger partial charge in [0, 0.05) is 67.2 Å². The number of aromatic nitrogens is 2. The molecule has 0 saturated heterocycles. The number of ketones is 1. The lowest BCUT2D eigenvalue weighted by Crippen LogP contribution is -2.30. The molecule has 4 rings (SSSR count). The Balaban J connectivity index is 1.34. The van der Waals surface area contributed by atoms with Crippen LogP contribution in [0.4, 0.5) is 26.1 Å². The molecule has 0 fully saturated rings. The molecule has 3 aromatic rings. The molecule has 218 valence electrons. The fourth-order valence-corrected chi connectivity index (χ4v) is 5.41. The summed E-state index contributed by atoms with van der Waals surface area (Å²) in [5.41, 5.74) is 6.48. The lowest BCUT2D eigenvalue weighted by Gasteiger charge is -2.21. The summed E-state index contributed by atoms with van der Waals surface area (Å²) in [5.74, 6) is -2.06. The van der Waals surface area contributed by atoms with Gasteiger partial charge in [0.05, 0.1) is 5.69 Å². The van der Waals surface area contributed by atoms with Crippen molar-refractivity contribution in [3.05, 3.63) is 88.3 Å². The highest BCUT2D eigenvalue weighted by Gasteiger charge is 2.25. The minimum atomic E-state index is -2.91. The van der Waals surface area contributed by atoms with Gasteiger partial charge in [-0.2, -0.15) is 0 Å². The van der Waals surface area contributed by atoms with E-state index in [0.29, 0.717) is 36.6 Å². The van der Waals surface area contributed by atoms with E-state index in [-0.39, 0.29) is 11.3 Å². The maximum atomic E-state index is 13.7. The van der Waals surface area contributed by atoms with E-state index in [0.717, 1.165) is 60.7 Å². The maximum absolute atomic E-state index is 13.7. The van der Waals surface area contributed by atoms with E-state index in [2.05, 4.69) is 38.9 Å². The third-order valence-corrected chi connectivity index (χ3v) is 7.87. The molecule has 0 spiro atoms. The molecule has 1 aromatic heterocycles. The molecule has 1 aliphatic rings. The Labute approximate surface area is 242 Å². The molecule has 0 saturated carbocycles. The van der Waals surface area contributed by atoms with Gasteiger partial charge in [-0.25, -0.2) is 18.7 Å². The first-order chi connectivity index (χ1) is 19.6. The molecule has 41 heavy (non-hydrogen) atoms. The zero-order chi connectivity index (χ0) is 29.6. The van der Waals surface area contributed by atoms with Gasteiger partial charge in [-0.1, -0.05) is 37.6 Å². The van der Waals surface area contributed by atoms with Gasteiger partial charge in [0.15, 0.2) is 5.78 Å². The zero-order valence-electron chi connectivity index (χ0n) is 24.7. The van der Waals surface area contributed by atoms with Gasteiger partial charge >= 0.3 is 0 Å². The number of nitrogens with one attached hydrogen (secondary N) is 3. The number of carbonyl (C=O) groups excluding carboxylic acids is 1. The SMILES string of the molecule is CCc1nc(Nc2cccc(C(C)(F)F)c2)ncc1CN[C@H]1CCC=C(CC(=O)c2ccc(NC)c(C)c2)[C@H](C)C1. The molecule has 6 nitrogen and oxygen atoms in total. The van der Waals surface area contributed by atoms with Crippen molar-refractivity contribution in [2.45, 2.75) is 78.3 Å². The summed E-state index contributed by atoms with van der Waals surface area (Å²) in [7, 11) is 1.88. The van der Waals surface area contributed by atoms with Crippen LogP contribution in [-0.4, -0.2) is 28.8 Å². The molecule has 0 bridgehead atoms. The van der Waals surface area contributed by atoms with Crippen LogP contribution in [0.1, 0.15) is 79.2 Å². The Bertz CT molecular complexity index is 1400. The predicted molar refractivity (Wildman–Crippen MR) is 162 cm³/mol. The number of alkyl halides is 2. The molecule has 2 aromatic carbocycles. The molecular formula is C33H41F2N5O. The largest absolute Gasteiger partial charge is 0.388 e. The standard InChI is InChI=1S/C33H41F2N5O/c1-6-29-25(20-38-32(40-29)39-28-12-8-10-26(18-28)33(4,34)35)19-37-27-11-7-9-23(21(2)16-27)17-31(41)24-13-14-30(36-5)22(3)15-24/h8-10,12-15,18,20-21,27,36-37H,6-7,11,16-17,19H2,1-5H3,(H,38,39,40)/t21-,27+/m1/s1. The van der Waals surface area contributed by atoms with Crippen LogP contribution in [-0.2, 0) is 18.9 Å². The first kappa shape index (κ1) is 30.3. The van der Waals surface area contributed by atoms with Gasteiger partial charge in [-0.3, -0.25) is 4.79 Å². The molecule has 3 N–H and O–H groups in total. The molecule has 2 atom stereocenters. The summed E-state index contributed by atoms with van der Waals surface area (Å²) < 4.78 is 27.5. The highest BCUT2D eigenvalue weighted by molar-refractivity contribution is 5.98. The number of allylic oxidation sites excluding steroid dienone is 2. The van der Waals surface area contributed by atoms with Crippen molar-refractivity contribution in [2.75, 3.05) is 17.7 Å². The minimum Gasteiger partial charge on any atom is -0.388 e. The first-order valence-electron chi connectivity index (χ1n) is 14.4. The van der Waals surface area contributed by atoms with E-state index in [9.17, 15) is 13.6 Å². The Hall–Kier alpha value is -3.65. The normalized spacial score (nSPS) is 17.5. The maximum Gasteiger partial charge on any atom is 0.270 e. The van der Waals surface area contributed by atoms with Crippen molar-refractivity contribution in [2.24, 2.45) is 5.92 Å². The summed E-state index contributed by atoms with van der Waals surface area (Å²) >= 11 is 0. The van der Waals surface area contributed by atoms with Crippen molar-refractivity contribution in [1.29, 1.82) is 0 Å². The molecular weight excluding hydrogens is 520 g/mol. The molecule has 0 unspecified atom stereocenters. The van der Waals surface area contributed by atoms with Crippen molar-refractivity contribution in [3.63, 3.8) is 0 Å². The molecule has 0 amide bonds. The van der Waals surface area contributed by atoms with Crippen molar-refractivity contribution < 1.29 is 13.6 Å². The van der Waals surface area contributed by atoms with Gasteiger partial charge in [0.25, 0.3) is 5.92 Å². The van der Waals surface area contributed by atoms with Crippen molar-refractivity contribution >= 4 is 23.1 Å².